The lowest BCUT2D eigenvalue weighted by Crippen LogP contribution is -2.54. The number of piperazine rings is 1. The van der Waals surface area contributed by atoms with Gasteiger partial charge in [0.1, 0.15) is 6.04 Å². The number of carbonyl (C=O) groups is 1. The highest BCUT2D eigenvalue weighted by Crippen LogP contribution is 2.23. The van der Waals surface area contributed by atoms with Gasteiger partial charge in [-0.2, -0.15) is 0 Å². The maximum absolute atomic E-state index is 11.2. The van der Waals surface area contributed by atoms with Crippen LogP contribution >= 0.6 is 27.5 Å². The average Bonchev–Trinajstić information content (AvgIpc) is 2.34. The number of halogens is 2. The SMILES string of the molecule is O=C(O)C1CNCCN1Cc1cc(Cl)ccc1Br. The van der Waals surface area contributed by atoms with Crippen LogP contribution in [0.1, 0.15) is 5.56 Å². The van der Waals surface area contributed by atoms with Crippen molar-refractivity contribution in [2.24, 2.45) is 0 Å². The minimum Gasteiger partial charge on any atom is -0.480 e. The molecule has 1 atom stereocenters. The molecule has 0 saturated carbocycles. The first-order chi connectivity index (χ1) is 8.58. The zero-order valence-corrected chi connectivity index (χ0v) is 12.0. The van der Waals surface area contributed by atoms with Crippen LogP contribution in [0.4, 0.5) is 0 Å². The third kappa shape index (κ3) is 3.23. The van der Waals surface area contributed by atoms with E-state index in [9.17, 15) is 9.90 Å². The van der Waals surface area contributed by atoms with Crippen LogP contribution in [0.3, 0.4) is 0 Å². The quantitative estimate of drug-likeness (QED) is 0.888. The molecule has 4 nitrogen and oxygen atoms in total. The summed E-state index contributed by atoms with van der Waals surface area (Å²) < 4.78 is 0.953. The Morgan fingerprint density at radius 1 is 1.61 bits per heavy atom. The second kappa shape index (κ2) is 6.02. The summed E-state index contributed by atoms with van der Waals surface area (Å²) in [5.74, 6) is -0.791. The van der Waals surface area contributed by atoms with Gasteiger partial charge < -0.3 is 10.4 Å². The van der Waals surface area contributed by atoms with Gasteiger partial charge in [-0.15, -0.1) is 0 Å². The Bertz CT molecular complexity index is 456. The molecule has 1 aromatic carbocycles. The topological polar surface area (TPSA) is 52.6 Å². The van der Waals surface area contributed by atoms with Crippen LogP contribution in [0, 0.1) is 0 Å². The molecule has 98 valence electrons. The van der Waals surface area contributed by atoms with Crippen molar-refractivity contribution in [1.29, 1.82) is 0 Å². The van der Waals surface area contributed by atoms with Crippen LogP contribution in [0.5, 0.6) is 0 Å². The molecule has 6 heteroatoms. The van der Waals surface area contributed by atoms with Crippen LogP contribution in [-0.2, 0) is 11.3 Å². The van der Waals surface area contributed by atoms with Crippen molar-refractivity contribution >= 4 is 33.5 Å². The van der Waals surface area contributed by atoms with E-state index in [0.717, 1.165) is 23.1 Å². The lowest BCUT2D eigenvalue weighted by molar-refractivity contribution is -0.144. The van der Waals surface area contributed by atoms with Crippen molar-refractivity contribution in [2.45, 2.75) is 12.6 Å². The minimum absolute atomic E-state index is 0.480. The summed E-state index contributed by atoms with van der Waals surface area (Å²) in [6.45, 7) is 2.59. The smallest absolute Gasteiger partial charge is 0.322 e. The summed E-state index contributed by atoms with van der Waals surface area (Å²) in [6, 6.07) is 5.08. The van der Waals surface area contributed by atoms with E-state index in [2.05, 4.69) is 21.2 Å². The molecule has 0 aromatic heterocycles. The monoisotopic (exact) mass is 332 g/mol. The largest absolute Gasteiger partial charge is 0.480 e. The standard InChI is InChI=1S/C12H14BrClN2O2/c13-10-2-1-9(14)5-8(10)7-16-4-3-15-6-11(16)12(17)18/h1-2,5,11,15H,3-4,6-7H2,(H,17,18). The Hall–Kier alpha value is -0.620. The minimum atomic E-state index is -0.791. The summed E-state index contributed by atoms with van der Waals surface area (Å²) in [6.07, 6.45) is 0. The molecule has 1 saturated heterocycles. The van der Waals surface area contributed by atoms with Crippen LogP contribution in [-0.4, -0.2) is 41.7 Å². The second-order valence-corrected chi connectivity index (χ2v) is 5.56. The van der Waals surface area contributed by atoms with Crippen molar-refractivity contribution in [3.63, 3.8) is 0 Å². The molecule has 2 rings (SSSR count). The fraction of sp³-hybridized carbons (Fsp3) is 0.417. The van der Waals surface area contributed by atoms with Crippen molar-refractivity contribution < 1.29 is 9.90 Å². The van der Waals surface area contributed by atoms with Crippen molar-refractivity contribution in [1.82, 2.24) is 10.2 Å². The lowest BCUT2D eigenvalue weighted by atomic mass is 10.1. The predicted molar refractivity (Wildman–Crippen MR) is 73.9 cm³/mol. The van der Waals surface area contributed by atoms with E-state index in [1.165, 1.54) is 0 Å². The van der Waals surface area contributed by atoms with Gasteiger partial charge in [0.05, 0.1) is 0 Å². The number of carboxylic acid groups (broad SMARTS) is 1. The first-order valence-electron chi connectivity index (χ1n) is 5.69. The van der Waals surface area contributed by atoms with Crippen LogP contribution in [0.15, 0.2) is 22.7 Å². The van der Waals surface area contributed by atoms with Gasteiger partial charge in [-0.3, -0.25) is 9.69 Å². The van der Waals surface area contributed by atoms with E-state index in [0.29, 0.717) is 18.1 Å². The maximum Gasteiger partial charge on any atom is 0.322 e. The lowest BCUT2D eigenvalue weighted by Gasteiger charge is -2.33. The Kier molecular flexibility index (Phi) is 4.61. The summed E-state index contributed by atoms with van der Waals surface area (Å²) >= 11 is 9.43. The summed E-state index contributed by atoms with van der Waals surface area (Å²) in [7, 11) is 0. The number of aliphatic carboxylic acids is 1. The highest BCUT2D eigenvalue weighted by atomic mass is 79.9. The number of rotatable bonds is 3. The zero-order chi connectivity index (χ0) is 13.1. The second-order valence-electron chi connectivity index (χ2n) is 4.26. The molecule has 2 N–H and O–H groups in total. The van der Waals surface area contributed by atoms with Gasteiger partial charge in [-0.25, -0.2) is 0 Å². The molecule has 18 heavy (non-hydrogen) atoms. The molecule has 1 fully saturated rings. The Balaban J connectivity index is 2.15. The summed E-state index contributed by atoms with van der Waals surface area (Å²) in [4.78, 5) is 13.1. The Morgan fingerprint density at radius 2 is 2.39 bits per heavy atom. The molecular weight excluding hydrogens is 320 g/mol. The van der Waals surface area contributed by atoms with E-state index < -0.39 is 12.0 Å². The fourth-order valence-electron chi connectivity index (χ4n) is 2.06. The number of hydrogen-bond donors (Lipinski definition) is 2. The molecule has 0 amide bonds. The highest BCUT2D eigenvalue weighted by molar-refractivity contribution is 9.10. The molecule has 1 aliphatic rings. The number of benzene rings is 1. The van der Waals surface area contributed by atoms with Gasteiger partial charge in [0.15, 0.2) is 0 Å². The van der Waals surface area contributed by atoms with E-state index in [1.807, 2.05) is 23.1 Å². The van der Waals surface area contributed by atoms with Gasteiger partial charge in [-0.05, 0) is 23.8 Å². The number of carboxylic acids is 1. The van der Waals surface area contributed by atoms with Crippen LogP contribution < -0.4 is 5.32 Å². The first kappa shape index (κ1) is 13.8. The third-order valence-electron chi connectivity index (χ3n) is 3.02. The third-order valence-corrected chi connectivity index (χ3v) is 4.03. The molecular formula is C12H14BrClN2O2. The normalized spacial score (nSPS) is 20.9. The maximum atomic E-state index is 11.2. The molecule has 0 aliphatic carbocycles. The molecule has 1 aromatic rings. The number of nitrogens with one attached hydrogen (secondary N) is 1. The number of hydrogen-bond acceptors (Lipinski definition) is 3. The first-order valence-corrected chi connectivity index (χ1v) is 6.86. The molecule has 0 radical (unpaired) electrons. The molecule has 1 aliphatic heterocycles. The summed E-state index contributed by atoms with van der Waals surface area (Å²) in [5.41, 5.74) is 1.01. The van der Waals surface area contributed by atoms with E-state index in [-0.39, 0.29) is 0 Å². The van der Waals surface area contributed by atoms with Crippen molar-refractivity contribution in [2.75, 3.05) is 19.6 Å². The van der Waals surface area contributed by atoms with Crippen LogP contribution in [0.2, 0.25) is 5.02 Å². The Labute approximate surface area is 119 Å². The van der Waals surface area contributed by atoms with Gasteiger partial charge in [-0.1, -0.05) is 27.5 Å². The molecule has 0 spiro atoms. The van der Waals surface area contributed by atoms with Gasteiger partial charge in [0.25, 0.3) is 0 Å². The van der Waals surface area contributed by atoms with E-state index >= 15 is 0 Å². The highest BCUT2D eigenvalue weighted by Gasteiger charge is 2.28. The Morgan fingerprint density at radius 3 is 3.11 bits per heavy atom. The van der Waals surface area contributed by atoms with Crippen molar-refractivity contribution in [3.05, 3.63) is 33.3 Å². The molecule has 0 bridgehead atoms. The van der Waals surface area contributed by atoms with Gasteiger partial charge in [0.2, 0.25) is 0 Å². The van der Waals surface area contributed by atoms with E-state index in [4.69, 9.17) is 11.6 Å². The molecule has 1 unspecified atom stereocenters. The summed E-state index contributed by atoms with van der Waals surface area (Å²) in [5, 5.41) is 13.0. The van der Waals surface area contributed by atoms with E-state index in [1.54, 1.807) is 0 Å². The number of nitrogens with zero attached hydrogens (tertiary/aromatic N) is 1. The predicted octanol–water partition coefficient (Wildman–Crippen LogP) is 1.96. The van der Waals surface area contributed by atoms with Crippen LogP contribution in [0.25, 0.3) is 0 Å². The molecule has 1 heterocycles. The zero-order valence-electron chi connectivity index (χ0n) is 9.70. The van der Waals surface area contributed by atoms with Crippen molar-refractivity contribution in [3.8, 4) is 0 Å². The van der Waals surface area contributed by atoms with Gasteiger partial charge >= 0.3 is 5.97 Å². The van der Waals surface area contributed by atoms with Gasteiger partial charge in [0, 0.05) is 35.7 Å². The fourth-order valence-corrected chi connectivity index (χ4v) is 2.63. The average molecular weight is 334 g/mol.